The Labute approximate surface area is 129 Å². The minimum atomic E-state index is -1.23. The standard InChI is InChI=1S/C12H13ClN4O5/c1-5(18)21-2-6-8(19)9(20)12(22-6)17-4-16-7-10(13)14-3-15-11(7)17/h3-4,6,8-9,12,19-20H,2H2,1H3/t6-,8-,9-,12-/m1/s1. The molecule has 1 aliphatic heterocycles. The Balaban J connectivity index is 1.87. The van der Waals surface area contributed by atoms with E-state index in [2.05, 4.69) is 15.0 Å². The number of nitrogens with zero attached hydrogens (tertiary/aromatic N) is 4. The summed E-state index contributed by atoms with van der Waals surface area (Å²) >= 11 is 5.92. The molecule has 0 amide bonds. The van der Waals surface area contributed by atoms with Gasteiger partial charge in [-0.1, -0.05) is 11.6 Å². The van der Waals surface area contributed by atoms with E-state index in [4.69, 9.17) is 21.1 Å². The van der Waals surface area contributed by atoms with E-state index in [9.17, 15) is 15.0 Å². The van der Waals surface area contributed by atoms with Gasteiger partial charge in [0.1, 0.15) is 36.8 Å². The zero-order valence-corrected chi connectivity index (χ0v) is 12.2. The van der Waals surface area contributed by atoms with Crippen LogP contribution in [0.5, 0.6) is 0 Å². The minimum absolute atomic E-state index is 0.160. The summed E-state index contributed by atoms with van der Waals surface area (Å²) in [5.41, 5.74) is 0.724. The highest BCUT2D eigenvalue weighted by molar-refractivity contribution is 6.33. The third kappa shape index (κ3) is 2.52. The van der Waals surface area contributed by atoms with Crippen LogP contribution in [0.25, 0.3) is 11.2 Å². The van der Waals surface area contributed by atoms with E-state index in [1.807, 2.05) is 0 Å². The van der Waals surface area contributed by atoms with E-state index in [0.29, 0.717) is 11.2 Å². The number of carbonyl (C=O) groups is 1. The molecule has 10 heteroatoms. The maximum atomic E-state index is 10.8. The van der Waals surface area contributed by atoms with Crippen LogP contribution in [0.15, 0.2) is 12.7 Å². The molecule has 0 radical (unpaired) electrons. The Morgan fingerprint density at radius 3 is 2.91 bits per heavy atom. The summed E-state index contributed by atoms with van der Waals surface area (Å²) in [7, 11) is 0. The van der Waals surface area contributed by atoms with Gasteiger partial charge in [0.2, 0.25) is 0 Å². The number of esters is 1. The van der Waals surface area contributed by atoms with Crippen molar-refractivity contribution in [2.45, 2.75) is 31.5 Å². The van der Waals surface area contributed by atoms with Crippen LogP contribution in [-0.2, 0) is 14.3 Å². The lowest BCUT2D eigenvalue weighted by Gasteiger charge is -2.16. The number of fused-ring (bicyclic) bond motifs is 1. The number of halogens is 1. The van der Waals surface area contributed by atoms with Gasteiger partial charge in [-0.15, -0.1) is 0 Å². The van der Waals surface area contributed by atoms with Crippen LogP contribution in [0.1, 0.15) is 13.2 Å². The molecule has 3 rings (SSSR count). The fourth-order valence-corrected chi connectivity index (χ4v) is 2.48. The zero-order chi connectivity index (χ0) is 15.9. The fraction of sp³-hybridized carbons (Fsp3) is 0.500. The zero-order valence-electron chi connectivity index (χ0n) is 11.5. The highest BCUT2D eigenvalue weighted by atomic mass is 35.5. The third-order valence-electron chi connectivity index (χ3n) is 3.38. The van der Waals surface area contributed by atoms with E-state index in [1.54, 1.807) is 0 Å². The van der Waals surface area contributed by atoms with Crippen LogP contribution in [0.4, 0.5) is 0 Å². The average molecular weight is 329 g/mol. The molecule has 2 aromatic rings. The molecular formula is C12H13ClN4O5. The lowest BCUT2D eigenvalue weighted by atomic mass is 10.1. The Kier molecular flexibility index (Phi) is 3.96. The molecule has 4 atom stereocenters. The molecular weight excluding hydrogens is 316 g/mol. The Morgan fingerprint density at radius 1 is 1.41 bits per heavy atom. The van der Waals surface area contributed by atoms with Crippen molar-refractivity contribution in [3.8, 4) is 0 Å². The maximum absolute atomic E-state index is 10.8. The first-order valence-electron chi connectivity index (χ1n) is 6.47. The van der Waals surface area contributed by atoms with Crippen LogP contribution in [0.2, 0.25) is 5.15 Å². The van der Waals surface area contributed by atoms with E-state index >= 15 is 0 Å². The van der Waals surface area contributed by atoms with Gasteiger partial charge in [-0.2, -0.15) is 0 Å². The van der Waals surface area contributed by atoms with Gasteiger partial charge in [-0.25, -0.2) is 15.0 Å². The predicted octanol–water partition coefficient (Wildman–Crippen LogP) is -0.338. The topological polar surface area (TPSA) is 120 Å². The van der Waals surface area contributed by atoms with Crippen LogP contribution < -0.4 is 0 Å². The van der Waals surface area contributed by atoms with Crippen LogP contribution >= 0.6 is 11.6 Å². The van der Waals surface area contributed by atoms with Crippen molar-refractivity contribution < 1.29 is 24.5 Å². The summed E-state index contributed by atoms with van der Waals surface area (Å²) in [4.78, 5) is 22.8. The molecule has 2 aromatic heterocycles. The van der Waals surface area contributed by atoms with Gasteiger partial charge in [-0.3, -0.25) is 9.36 Å². The third-order valence-corrected chi connectivity index (χ3v) is 3.65. The van der Waals surface area contributed by atoms with E-state index in [1.165, 1.54) is 24.1 Å². The largest absolute Gasteiger partial charge is 0.463 e. The molecule has 0 saturated carbocycles. The summed E-state index contributed by atoms with van der Waals surface area (Å²) in [6.07, 6.45) is -1.56. The number of aliphatic hydroxyl groups excluding tert-OH is 2. The number of carbonyl (C=O) groups excluding carboxylic acids is 1. The Hall–Kier alpha value is -1.81. The maximum Gasteiger partial charge on any atom is 0.302 e. The van der Waals surface area contributed by atoms with Crippen LogP contribution in [0.3, 0.4) is 0 Å². The van der Waals surface area contributed by atoms with Crippen molar-refractivity contribution in [1.29, 1.82) is 0 Å². The van der Waals surface area contributed by atoms with Gasteiger partial charge < -0.3 is 19.7 Å². The average Bonchev–Trinajstić information content (AvgIpc) is 3.01. The molecule has 118 valence electrons. The predicted molar refractivity (Wildman–Crippen MR) is 72.9 cm³/mol. The smallest absolute Gasteiger partial charge is 0.302 e. The number of ether oxygens (including phenoxy) is 2. The molecule has 0 aromatic carbocycles. The molecule has 3 heterocycles. The molecule has 2 N–H and O–H groups in total. The summed E-state index contributed by atoms with van der Waals surface area (Å²) in [6.45, 7) is 1.09. The fourth-order valence-electron chi connectivity index (χ4n) is 2.31. The Morgan fingerprint density at radius 2 is 2.18 bits per heavy atom. The molecule has 22 heavy (non-hydrogen) atoms. The molecule has 0 spiro atoms. The first-order valence-corrected chi connectivity index (χ1v) is 6.85. The molecule has 0 bridgehead atoms. The van der Waals surface area contributed by atoms with Crippen molar-refractivity contribution >= 4 is 28.7 Å². The summed E-state index contributed by atoms with van der Waals surface area (Å²) in [6, 6.07) is 0. The summed E-state index contributed by atoms with van der Waals surface area (Å²) < 4.78 is 11.8. The number of hydrogen-bond acceptors (Lipinski definition) is 8. The molecule has 0 unspecified atom stereocenters. The summed E-state index contributed by atoms with van der Waals surface area (Å²) in [5.74, 6) is -0.499. The normalized spacial score (nSPS) is 28.2. The first kappa shape index (κ1) is 15.1. The van der Waals surface area contributed by atoms with Gasteiger partial charge in [-0.05, 0) is 0 Å². The van der Waals surface area contributed by atoms with Crippen molar-refractivity contribution in [2.24, 2.45) is 0 Å². The second-order valence-electron chi connectivity index (χ2n) is 4.84. The van der Waals surface area contributed by atoms with Gasteiger partial charge in [0, 0.05) is 6.92 Å². The summed E-state index contributed by atoms with van der Waals surface area (Å²) in [5, 5.41) is 20.3. The highest BCUT2D eigenvalue weighted by Crippen LogP contribution is 2.32. The van der Waals surface area contributed by atoms with Crippen LogP contribution in [-0.4, -0.2) is 60.6 Å². The quantitative estimate of drug-likeness (QED) is 0.580. The van der Waals surface area contributed by atoms with Crippen LogP contribution in [0, 0.1) is 0 Å². The molecule has 0 aliphatic carbocycles. The van der Waals surface area contributed by atoms with Crippen molar-refractivity contribution in [2.75, 3.05) is 6.61 Å². The van der Waals surface area contributed by atoms with Crippen molar-refractivity contribution in [1.82, 2.24) is 19.5 Å². The molecule has 1 saturated heterocycles. The first-order chi connectivity index (χ1) is 10.5. The van der Waals surface area contributed by atoms with Gasteiger partial charge in [0.15, 0.2) is 17.0 Å². The molecule has 1 fully saturated rings. The number of rotatable bonds is 3. The Bertz CT molecular complexity index is 708. The number of hydrogen-bond donors (Lipinski definition) is 2. The number of aromatic nitrogens is 4. The lowest BCUT2D eigenvalue weighted by molar-refractivity contribution is -0.147. The molecule has 1 aliphatic rings. The van der Waals surface area contributed by atoms with E-state index < -0.39 is 30.5 Å². The highest BCUT2D eigenvalue weighted by Gasteiger charge is 2.44. The van der Waals surface area contributed by atoms with Gasteiger partial charge in [0.25, 0.3) is 0 Å². The number of aliphatic hydroxyl groups is 2. The number of imidazole rings is 1. The second kappa shape index (κ2) is 5.76. The monoisotopic (exact) mass is 328 g/mol. The van der Waals surface area contributed by atoms with Gasteiger partial charge >= 0.3 is 5.97 Å². The molecule has 9 nitrogen and oxygen atoms in total. The second-order valence-corrected chi connectivity index (χ2v) is 5.20. The SMILES string of the molecule is CC(=O)OC[C@H]1O[C@@H](n2cnc3c(Cl)ncnc32)[C@H](O)[C@@H]1O. The lowest BCUT2D eigenvalue weighted by Crippen LogP contribution is -2.34. The minimum Gasteiger partial charge on any atom is -0.463 e. The van der Waals surface area contributed by atoms with Crippen molar-refractivity contribution in [3.63, 3.8) is 0 Å². The van der Waals surface area contributed by atoms with E-state index in [0.717, 1.165) is 0 Å². The van der Waals surface area contributed by atoms with Crippen molar-refractivity contribution in [3.05, 3.63) is 17.8 Å². The van der Waals surface area contributed by atoms with Gasteiger partial charge in [0.05, 0.1) is 6.33 Å². The van der Waals surface area contributed by atoms with E-state index in [-0.39, 0.29) is 11.8 Å².